The van der Waals surface area contributed by atoms with Crippen molar-refractivity contribution in [3.63, 3.8) is 0 Å². The van der Waals surface area contributed by atoms with Gasteiger partial charge < -0.3 is 5.32 Å². The molecular formula is C12H22F2N2. The van der Waals surface area contributed by atoms with E-state index in [1.54, 1.807) is 0 Å². The van der Waals surface area contributed by atoms with Crippen LogP contribution in [0.4, 0.5) is 8.78 Å². The predicted molar refractivity (Wildman–Crippen MR) is 60.9 cm³/mol. The first-order valence-corrected chi connectivity index (χ1v) is 6.40. The van der Waals surface area contributed by atoms with Gasteiger partial charge in [0.15, 0.2) is 0 Å². The first kappa shape index (κ1) is 12.2. The summed E-state index contributed by atoms with van der Waals surface area (Å²) in [5, 5.41) is 3.31. The summed E-state index contributed by atoms with van der Waals surface area (Å²) in [5.74, 6) is -2.41. The summed E-state index contributed by atoms with van der Waals surface area (Å²) in [7, 11) is 2.00. The Morgan fingerprint density at radius 3 is 2.50 bits per heavy atom. The van der Waals surface area contributed by atoms with Gasteiger partial charge in [-0.05, 0) is 26.3 Å². The van der Waals surface area contributed by atoms with Gasteiger partial charge in [-0.3, -0.25) is 4.90 Å². The largest absolute Gasteiger partial charge is 0.317 e. The summed E-state index contributed by atoms with van der Waals surface area (Å²) < 4.78 is 26.1. The second kappa shape index (κ2) is 4.96. The van der Waals surface area contributed by atoms with Crippen LogP contribution in [-0.2, 0) is 0 Å². The molecular weight excluding hydrogens is 210 g/mol. The number of rotatable bonds is 2. The van der Waals surface area contributed by atoms with Gasteiger partial charge in [0.1, 0.15) is 0 Å². The van der Waals surface area contributed by atoms with Crippen LogP contribution < -0.4 is 5.32 Å². The molecule has 2 fully saturated rings. The van der Waals surface area contributed by atoms with Crippen LogP contribution in [0.25, 0.3) is 0 Å². The second-order valence-electron chi connectivity index (χ2n) is 5.20. The Morgan fingerprint density at radius 2 is 1.88 bits per heavy atom. The van der Waals surface area contributed by atoms with Gasteiger partial charge in [0.2, 0.25) is 0 Å². The molecule has 0 bridgehead atoms. The first-order chi connectivity index (χ1) is 7.61. The van der Waals surface area contributed by atoms with Crippen molar-refractivity contribution in [2.75, 3.05) is 20.1 Å². The van der Waals surface area contributed by atoms with E-state index < -0.39 is 5.92 Å². The fraction of sp³-hybridized carbons (Fsp3) is 1.00. The number of hydrogen-bond acceptors (Lipinski definition) is 2. The highest BCUT2D eigenvalue weighted by molar-refractivity contribution is 4.87. The number of halogens is 2. The lowest BCUT2D eigenvalue weighted by atomic mass is 9.89. The van der Waals surface area contributed by atoms with Crippen LogP contribution in [0.15, 0.2) is 0 Å². The lowest BCUT2D eigenvalue weighted by Gasteiger charge is -2.41. The summed E-state index contributed by atoms with van der Waals surface area (Å²) in [6, 6.07) is 1.11. The Morgan fingerprint density at radius 1 is 1.19 bits per heavy atom. The predicted octanol–water partition coefficient (Wildman–Crippen LogP) is 2.25. The third kappa shape index (κ3) is 2.92. The summed E-state index contributed by atoms with van der Waals surface area (Å²) in [6.45, 7) is 1.15. The summed E-state index contributed by atoms with van der Waals surface area (Å²) in [4.78, 5) is 2.28. The number of alkyl halides is 2. The van der Waals surface area contributed by atoms with E-state index in [9.17, 15) is 8.78 Å². The van der Waals surface area contributed by atoms with Crippen molar-refractivity contribution in [3.05, 3.63) is 0 Å². The van der Waals surface area contributed by atoms with Crippen LogP contribution in [0.1, 0.15) is 38.5 Å². The fourth-order valence-corrected chi connectivity index (χ4v) is 2.97. The van der Waals surface area contributed by atoms with Gasteiger partial charge in [0.25, 0.3) is 5.92 Å². The normalized spacial score (nSPS) is 36.2. The number of piperidine rings is 1. The Labute approximate surface area is 96.4 Å². The molecule has 0 aromatic heterocycles. The topological polar surface area (TPSA) is 15.3 Å². The van der Waals surface area contributed by atoms with E-state index in [1.165, 1.54) is 19.3 Å². The van der Waals surface area contributed by atoms with Crippen LogP contribution in [0, 0.1) is 0 Å². The summed E-state index contributed by atoms with van der Waals surface area (Å²) >= 11 is 0. The van der Waals surface area contributed by atoms with Gasteiger partial charge in [-0.15, -0.1) is 0 Å². The molecule has 2 nitrogen and oxygen atoms in total. The third-order valence-electron chi connectivity index (χ3n) is 4.10. The maximum Gasteiger partial charge on any atom is 0.250 e. The molecule has 2 rings (SSSR count). The third-order valence-corrected chi connectivity index (χ3v) is 4.10. The molecule has 1 aliphatic heterocycles. The molecule has 1 aliphatic carbocycles. The molecule has 1 saturated heterocycles. The van der Waals surface area contributed by atoms with E-state index in [1.807, 2.05) is 7.05 Å². The average molecular weight is 232 g/mol. The van der Waals surface area contributed by atoms with E-state index in [0.717, 1.165) is 6.42 Å². The van der Waals surface area contributed by atoms with Gasteiger partial charge in [0, 0.05) is 38.0 Å². The maximum absolute atomic E-state index is 13.0. The van der Waals surface area contributed by atoms with Crippen molar-refractivity contribution in [1.29, 1.82) is 0 Å². The molecule has 94 valence electrons. The molecule has 1 saturated carbocycles. The monoisotopic (exact) mass is 232 g/mol. The molecule has 16 heavy (non-hydrogen) atoms. The minimum absolute atomic E-state index is 0.0493. The minimum atomic E-state index is -2.41. The second-order valence-corrected chi connectivity index (χ2v) is 5.20. The lowest BCUT2D eigenvalue weighted by molar-refractivity contribution is -0.0663. The minimum Gasteiger partial charge on any atom is -0.317 e. The molecule has 0 amide bonds. The molecule has 0 spiro atoms. The van der Waals surface area contributed by atoms with Crippen molar-refractivity contribution in [1.82, 2.24) is 10.2 Å². The summed E-state index contributed by atoms with van der Waals surface area (Å²) in [6.07, 6.45) is 4.87. The highest BCUT2D eigenvalue weighted by Crippen LogP contribution is 2.31. The SMILES string of the molecule is CNC1CCCC(N2CCC(F)(F)CC2)C1. The average Bonchev–Trinajstić information content (AvgIpc) is 2.29. The standard InChI is InChI=1S/C12H22F2N2/c1-15-10-3-2-4-11(9-10)16-7-5-12(13,14)6-8-16/h10-11,15H,2-9H2,1H3. The van der Waals surface area contributed by atoms with Crippen molar-refractivity contribution < 1.29 is 8.78 Å². The lowest BCUT2D eigenvalue weighted by Crippen LogP contribution is -2.48. The van der Waals surface area contributed by atoms with E-state index in [0.29, 0.717) is 25.2 Å². The van der Waals surface area contributed by atoms with Gasteiger partial charge in [-0.25, -0.2) is 8.78 Å². The number of hydrogen-bond donors (Lipinski definition) is 1. The van der Waals surface area contributed by atoms with Crippen LogP contribution in [0.2, 0.25) is 0 Å². The highest BCUT2D eigenvalue weighted by atomic mass is 19.3. The van der Waals surface area contributed by atoms with Crippen molar-refractivity contribution in [3.8, 4) is 0 Å². The van der Waals surface area contributed by atoms with Crippen LogP contribution in [0.5, 0.6) is 0 Å². The van der Waals surface area contributed by atoms with Gasteiger partial charge in [0.05, 0.1) is 0 Å². The number of nitrogens with one attached hydrogen (secondary N) is 1. The first-order valence-electron chi connectivity index (χ1n) is 6.40. The Balaban J connectivity index is 1.84. The molecule has 0 aromatic rings. The quantitative estimate of drug-likeness (QED) is 0.785. The van der Waals surface area contributed by atoms with E-state index in [2.05, 4.69) is 10.2 Å². The van der Waals surface area contributed by atoms with Crippen molar-refractivity contribution >= 4 is 0 Å². The summed E-state index contributed by atoms with van der Waals surface area (Å²) in [5.41, 5.74) is 0. The van der Waals surface area contributed by atoms with Gasteiger partial charge in [-0.2, -0.15) is 0 Å². The van der Waals surface area contributed by atoms with E-state index >= 15 is 0 Å². The molecule has 0 radical (unpaired) electrons. The van der Waals surface area contributed by atoms with E-state index in [-0.39, 0.29) is 12.8 Å². The van der Waals surface area contributed by atoms with Crippen LogP contribution >= 0.6 is 0 Å². The molecule has 4 heteroatoms. The number of nitrogens with zero attached hydrogens (tertiary/aromatic N) is 1. The Kier molecular flexibility index (Phi) is 3.80. The molecule has 2 atom stereocenters. The number of likely N-dealkylation sites (tertiary alicyclic amines) is 1. The van der Waals surface area contributed by atoms with Crippen LogP contribution in [0.3, 0.4) is 0 Å². The molecule has 1 N–H and O–H groups in total. The Bertz CT molecular complexity index is 223. The van der Waals surface area contributed by atoms with Crippen molar-refractivity contribution in [2.24, 2.45) is 0 Å². The van der Waals surface area contributed by atoms with E-state index in [4.69, 9.17) is 0 Å². The Hall–Kier alpha value is -0.220. The van der Waals surface area contributed by atoms with Gasteiger partial charge in [-0.1, -0.05) is 6.42 Å². The zero-order valence-electron chi connectivity index (χ0n) is 10.0. The molecule has 0 aromatic carbocycles. The maximum atomic E-state index is 13.0. The zero-order valence-corrected chi connectivity index (χ0v) is 10.0. The zero-order chi connectivity index (χ0) is 11.6. The van der Waals surface area contributed by atoms with Crippen molar-refractivity contribution in [2.45, 2.75) is 56.5 Å². The smallest absolute Gasteiger partial charge is 0.250 e. The van der Waals surface area contributed by atoms with Gasteiger partial charge >= 0.3 is 0 Å². The fourth-order valence-electron chi connectivity index (χ4n) is 2.97. The highest BCUT2D eigenvalue weighted by Gasteiger charge is 2.37. The molecule has 2 aliphatic rings. The molecule has 1 heterocycles. The molecule has 2 unspecified atom stereocenters. The van der Waals surface area contributed by atoms with Crippen LogP contribution in [-0.4, -0.2) is 43.0 Å².